The van der Waals surface area contributed by atoms with Gasteiger partial charge in [-0.1, -0.05) is 109 Å². The molecule has 22 heteroatoms. The highest BCUT2D eigenvalue weighted by Crippen LogP contribution is 2.11. The zero-order chi connectivity index (χ0) is 51.5. The minimum absolute atomic E-state index is 0.00836. The quantitative estimate of drug-likeness (QED) is 0.0445. The smallest absolute Gasteiger partial charge is 0.407 e. The number of ether oxygens (including phenoxy) is 1. The Morgan fingerprint density at radius 3 is 1.58 bits per heavy atom. The van der Waals surface area contributed by atoms with Crippen molar-refractivity contribution in [2.24, 2.45) is 29.2 Å². The van der Waals surface area contributed by atoms with E-state index in [-0.39, 0.29) is 44.2 Å². The summed E-state index contributed by atoms with van der Waals surface area (Å²) in [4.78, 5) is 129. The first-order valence-electron chi connectivity index (χ1n) is 23.0. The minimum atomic E-state index is -1.24. The van der Waals surface area contributed by atoms with E-state index < -0.39 is 122 Å². The summed E-state index contributed by atoms with van der Waals surface area (Å²) in [6.07, 6.45) is 0.382. The Kier molecular flexibility index (Phi) is 26.1. The van der Waals surface area contributed by atoms with Crippen molar-refractivity contribution >= 4 is 59.3 Å². The van der Waals surface area contributed by atoms with Crippen molar-refractivity contribution in [1.82, 2.24) is 47.9 Å². The van der Waals surface area contributed by atoms with Crippen molar-refractivity contribution in [2.45, 2.75) is 110 Å². The molecular formula is C47H71N11O11. The minimum Gasteiger partial charge on any atom is -0.445 e. The van der Waals surface area contributed by atoms with Gasteiger partial charge in [-0.3, -0.25) is 43.2 Å². The van der Waals surface area contributed by atoms with Crippen molar-refractivity contribution in [3.63, 3.8) is 0 Å². The molecule has 0 radical (unpaired) electrons. The van der Waals surface area contributed by atoms with Crippen LogP contribution in [0.1, 0.15) is 78.4 Å². The van der Waals surface area contributed by atoms with E-state index in [4.69, 9.17) is 16.2 Å². The number of alkyl carbamates (subject to hydrolysis) is 1. The number of rotatable bonds is 30. The first-order chi connectivity index (χ1) is 32.7. The van der Waals surface area contributed by atoms with Gasteiger partial charge in [0.1, 0.15) is 43.4 Å². The second-order valence-corrected chi connectivity index (χ2v) is 17.2. The number of hydrogen-bond acceptors (Lipinski definition) is 12. The maximum absolute atomic E-state index is 13.6. The topological polar surface area (TPSA) is 340 Å². The Morgan fingerprint density at radius 1 is 0.522 bits per heavy atom. The van der Waals surface area contributed by atoms with Gasteiger partial charge in [0.15, 0.2) is 0 Å². The molecule has 6 atom stereocenters. The molecule has 22 nitrogen and oxygen atoms in total. The highest BCUT2D eigenvalue weighted by molar-refractivity contribution is 5.97. The Morgan fingerprint density at radius 2 is 1.03 bits per heavy atom. The molecule has 69 heavy (non-hydrogen) atoms. The highest BCUT2D eigenvalue weighted by atomic mass is 16.5. The number of primary amides is 1. The maximum Gasteiger partial charge on any atom is 0.407 e. The fourth-order valence-corrected chi connectivity index (χ4v) is 6.52. The van der Waals surface area contributed by atoms with Crippen LogP contribution in [-0.2, 0) is 60.9 Å². The number of carbonyl (C=O) groups is 10. The average molecular weight is 966 g/mol. The summed E-state index contributed by atoms with van der Waals surface area (Å²) in [5.74, 6) is -7.18. The van der Waals surface area contributed by atoms with E-state index in [0.29, 0.717) is 18.4 Å². The number of hydrogen-bond donors (Lipinski definition) is 11. The van der Waals surface area contributed by atoms with Crippen LogP contribution < -0.4 is 59.3 Å². The van der Waals surface area contributed by atoms with Gasteiger partial charge in [-0.05, 0) is 54.7 Å². The molecule has 0 aliphatic heterocycles. The predicted octanol–water partition coefficient (Wildman–Crippen LogP) is -1.10. The number of benzene rings is 2. The van der Waals surface area contributed by atoms with Crippen LogP contribution in [0, 0.1) is 17.8 Å². The molecule has 0 fully saturated rings. The molecule has 0 aromatic heterocycles. The normalized spacial score (nSPS) is 13.5. The largest absolute Gasteiger partial charge is 0.445 e. The van der Waals surface area contributed by atoms with Crippen molar-refractivity contribution in [2.75, 3.05) is 32.7 Å². The monoisotopic (exact) mass is 966 g/mol. The van der Waals surface area contributed by atoms with E-state index >= 15 is 0 Å². The van der Waals surface area contributed by atoms with Gasteiger partial charge in [0.25, 0.3) is 0 Å². The van der Waals surface area contributed by atoms with Gasteiger partial charge in [0.2, 0.25) is 53.2 Å². The van der Waals surface area contributed by atoms with Crippen LogP contribution in [0.2, 0.25) is 0 Å². The highest BCUT2D eigenvalue weighted by Gasteiger charge is 2.32. The van der Waals surface area contributed by atoms with Gasteiger partial charge in [0, 0.05) is 6.42 Å². The van der Waals surface area contributed by atoms with Gasteiger partial charge < -0.3 is 64.1 Å². The standard InChI is InChI=1S/C47H71N11O11/c1-7-30(6)41(57-39(62)26-53-47(68)69-27-32-16-12-9-13-17-32)45(66)52-25-38(61)55-35(22-31-14-10-8-11-15-31)43(64)51-24-37(60)54-34(20-21-48)44(65)58-40(29(4)5)46(67)56-33(19-18-28(2)3)42(63)50-23-36(49)59/h8-17,28-30,33-35,40-41H,7,18-27,48H2,1-6H3,(H2,49,59)(H,50,63)(H,51,64)(H,52,66)(H,53,68)(H,54,60)(H,55,61)(H,56,67)(H,57,62)(H,58,65)/t30-,33-,34-,35+,40?,41?/m0/s1. The third kappa shape index (κ3) is 23.0. The lowest BCUT2D eigenvalue weighted by atomic mass is 9.98. The molecule has 2 unspecified atom stereocenters. The van der Waals surface area contributed by atoms with Crippen molar-refractivity contribution in [3.8, 4) is 0 Å². The van der Waals surface area contributed by atoms with Crippen molar-refractivity contribution in [1.29, 1.82) is 0 Å². The van der Waals surface area contributed by atoms with Crippen LogP contribution in [-0.4, -0.2) is 122 Å². The molecule has 13 N–H and O–H groups in total. The number of amides is 10. The van der Waals surface area contributed by atoms with Gasteiger partial charge in [-0.2, -0.15) is 0 Å². The molecule has 380 valence electrons. The van der Waals surface area contributed by atoms with E-state index in [1.165, 1.54) is 0 Å². The lowest BCUT2D eigenvalue weighted by Gasteiger charge is -2.27. The Labute approximate surface area is 403 Å². The summed E-state index contributed by atoms with van der Waals surface area (Å²) in [6.45, 7) is 8.57. The molecular weight excluding hydrogens is 895 g/mol. The molecule has 0 bridgehead atoms. The molecule has 10 amide bonds. The Balaban J connectivity index is 2.06. The van der Waals surface area contributed by atoms with Crippen molar-refractivity contribution < 1.29 is 52.7 Å². The van der Waals surface area contributed by atoms with Crippen LogP contribution in [0.15, 0.2) is 60.7 Å². The zero-order valence-electron chi connectivity index (χ0n) is 40.3. The summed E-state index contributed by atoms with van der Waals surface area (Å²) in [6, 6.07) is 11.9. The van der Waals surface area contributed by atoms with Crippen LogP contribution in [0.3, 0.4) is 0 Å². The van der Waals surface area contributed by atoms with Gasteiger partial charge in [-0.25, -0.2) is 4.79 Å². The number of nitrogens with one attached hydrogen (secondary N) is 9. The third-order valence-corrected chi connectivity index (χ3v) is 10.7. The van der Waals surface area contributed by atoms with E-state index in [1.807, 2.05) is 19.9 Å². The maximum atomic E-state index is 13.6. The average Bonchev–Trinajstić information content (AvgIpc) is 3.32. The summed E-state index contributed by atoms with van der Waals surface area (Å²) < 4.78 is 5.12. The predicted molar refractivity (Wildman–Crippen MR) is 255 cm³/mol. The molecule has 0 spiro atoms. The van der Waals surface area contributed by atoms with Crippen LogP contribution in [0.5, 0.6) is 0 Å². The molecule has 0 heterocycles. The molecule has 0 saturated carbocycles. The van der Waals surface area contributed by atoms with Crippen LogP contribution in [0.25, 0.3) is 0 Å². The summed E-state index contributed by atoms with van der Waals surface area (Å²) in [5.41, 5.74) is 12.3. The van der Waals surface area contributed by atoms with Gasteiger partial charge >= 0.3 is 6.09 Å². The SMILES string of the molecule is CC[C@H](C)C(NC(=O)CNC(=O)OCc1ccccc1)C(=O)NCC(=O)N[C@H](Cc1ccccc1)C(=O)NCC(=O)N[C@@H](CCN)C(=O)NC(C(=O)N[C@@H](CCC(C)C)C(=O)NCC(N)=O)C(C)C. The summed E-state index contributed by atoms with van der Waals surface area (Å²) in [7, 11) is 0. The van der Waals surface area contributed by atoms with E-state index in [0.717, 1.165) is 5.56 Å². The third-order valence-electron chi connectivity index (χ3n) is 10.7. The number of nitrogens with two attached hydrogens (primary N) is 2. The molecule has 2 aromatic rings. The molecule has 2 rings (SSSR count). The van der Waals surface area contributed by atoms with E-state index in [9.17, 15) is 47.9 Å². The molecule has 0 aliphatic rings. The Bertz CT molecular complexity index is 2020. The van der Waals surface area contributed by atoms with E-state index in [2.05, 4.69) is 47.9 Å². The fourth-order valence-electron chi connectivity index (χ4n) is 6.52. The lowest BCUT2D eigenvalue weighted by Crippen LogP contribution is -2.59. The zero-order valence-corrected chi connectivity index (χ0v) is 40.3. The molecule has 0 aliphatic carbocycles. The van der Waals surface area contributed by atoms with E-state index in [1.54, 1.807) is 82.3 Å². The molecule has 2 aromatic carbocycles. The number of carbonyl (C=O) groups excluding carboxylic acids is 10. The fraction of sp³-hybridized carbons (Fsp3) is 0.532. The Hall–Kier alpha value is -7.10. The summed E-state index contributed by atoms with van der Waals surface area (Å²) >= 11 is 0. The van der Waals surface area contributed by atoms with Crippen LogP contribution >= 0.6 is 0 Å². The second-order valence-electron chi connectivity index (χ2n) is 17.2. The van der Waals surface area contributed by atoms with Gasteiger partial charge in [0.05, 0.1) is 19.6 Å². The van der Waals surface area contributed by atoms with Crippen molar-refractivity contribution in [3.05, 3.63) is 71.8 Å². The van der Waals surface area contributed by atoms with Crippen LogP contribution in [0.4, 0.5) is 4.79 Å². The first kappa shape index (κ1) is 58.0. The second kappa shape index (κ2) is 31.0. The lowest BCUT2D eigenvalue weighted by molar-refractivity contribution is -0.135. The first-order valence-corrected chi connectivity index (χ1v) is 23.0. The molecule has 0 saturated heterocycles. The van der Waals surface area contributed by atoms with Gasteiger partial charge in [-0.15, -0.1) is 0 Å². The summed E-state index contributed by atoms with van der Waals surface area (Å²) in [5, 5.41) is 22.7.